The summed E-state index contributed by atoms with van der Waals surface area (Å²) in [5, 5.41) is 0. The summed E-state index contributed by atoms with van der Waals surface area (Å²) in [6.45, 7) is 4.10. The molecule has 2 fully saturated rings. The number of aromatic nitrogens is 2. The highest BCUT2D eigenvalue weighted by Gasteiger charge is 2.25. The van der Waals surface area contributed by atoms with Crippen molar-refractivity contribution in [2.75, 3.05) is 62.7 Å². The van der Waals surface area contributed by atoms with Gasteiger partial charge in [-0.25, -0.2) is 14.4 Å². The predicted octanol–water partition coefficient (Wildman–Crippen LogP) is 0.785. The predicted molar refractivity (Wildman–Crippen MR) is 111 cm³/mol. The average Bonchev–Trinajstić information content (AvgIpc) is 2.77. The third kappa shape index (κ3) is 4.34. The van der Waals surface area contributed by atoms with Gasteiger partial charge in [-0.3, -0.25) is 9.59 Å². The summed E-state index contributed by atoms with van der Waals surface area (Å²) < 4.78 is 13.8. The van der Waals surface area contributed by atoms with Crippen LogP contribution in [0.4, 0.5) is 16.0 Å². The van der Waals surface area contributed by atoms with Gasteiger partial charge in [0, 0.05) is 52.4 Å². The second-order valence-corrected chi connectivity index (χ2v) is 7.61. The first-order valence-corrected chi connectivity index (χ1v) is 10.1. The Hall–Kier alpha value is -3.23. The van der Waals surface area contributed by atoms with Gasteiger partial charge in [-0.15, -0.1) is 0 Å². The molecule has 2 amide bonds. The first-order valence-electron chi connectivity index (χ1n) is 10.1. The first-order chi connectivity index (χ1) is 14.5. The Kier molecular flexibility index (Phi) is 5.78. The van der Waals surface area contributed by atoms with E-state index < -0.39 is 0 Å². The SMILES string of the molecule is CN1CCN(c2cc(N3CCN(C(=O)Cc4ccccc4F)CC3)ncn2)CC1=O. The van der Waals surface area contributed by atoms with Gasteiger partial charge in [0.1, 0.15) is 23.8 Å². The molecule has 30 heavy (non-hydrogen) atoms. The number of rotatable bonds is 4. The molecule has 0 atom stereocenters. The van der Waals surface area contributed by atoms with Gasteiger partial charge in [0.2, 0.25) is 11.8 Å². The van der Waals surface area contributed by atoms with E-state index in [-0.39, 0.29) is 24.1 Å². The minimum Gasteiger partial charge on any atom is -0.353 e. The van der Waals surface area contributed by atoms with Crippen molar-refractivity contribution in [3.8, 4) is 0 Å². The molecule has 0 aliphatic carbocycles. The average molecular weight is 412 g/mol. The normalized spacial score (nSPS) is 17.5. The fourth-order valence-corrected chi connectivity index (χ4v) is 3.74. The lowest BCUT2D eigenvalue weighted by molar-refractivity contribution is -0.131. The highest BCUT2D eigenvalue weighted by atomic mass is 19.1. The van der Waals surface area contributed by atoms with Crippen molar-refractivity contribution >= 4 is 23.5 Å². The summed E-state index contributed by atoms with van der Waals surface area (Å²) in [7, 11) is 1.80. The maximum atomic E-state index is 13.8. The van der Waals surface area contributed by atoms with E-state index in [9.17, 15) is 14.0 Å². The van der Waals surface area contributed by atoms with E-state index in [1.165, 1.54) is 12.4 Å². The fraction of sp³-hybridized carbons (Fsp3) is 0.429. The number of anilines is 2. The molecule has 0 bridgehead atoms. The number of halogens is 1. The Morgan fingerprint density at radius 3 is 2.37 bits per heavy atom. The summed E-state index contributed by atoms with van der Waals surface area (Å²) >= 11 is 0. The molecule has 2 saturated heterocycles. The van der Waals surface area contributed by atoms with Crippen LogP contribution in [0.15, 0.2) is 36.7 Å². The number of hydrogen-bond donors (Lipinski definition) is 0. The Labute approximate surface area is 174 Å². The lowest BCUT2D eigenvalue weighted by Crippen LogP contribution is -2.50. The van der Waals surface area contributed by atoms with Crippen LogP contribution in [-0.2, 0) is 16.0 Å². The van der Waals surface area contributed by atoms with E-state index >= 15 is 0 Å². The van der Waals surface area contributed by atoms with Gasteiger partial charge in [0.15, 0.2) is 0 Å². The molecule has 3 heterocycles. The number of carbonyl (C=O) groups excluding carboxylic acids is 2. The molecule has 2 aliphatic heterocycles. The Morgan fingerprint density at radius 2 is 1.67 bits per heavy atom. The minimum absolute atomic E-state index is 0.0703. The molecule has 2 aromatic rings. The maximum absolute atomic E-state index is 13.8. The summed E-state index contributed by atoms with van der Waals surface area (Å²) in [4.78, 5) is 40.8. The van der Waals surface area contributed by atoms with Crippen molar-refractivity contribution in [3.05, 3.63) is 48.0 Å². The standard InChI is InChI=1S/C21H25FN6O2/c1-25-6-7-28(14-21(25)30)19-13-18(23-15-24-19)26-8-10-27(11-9-26)20(29)12-16-4-2-3-5-17(16)22/h2-5,13,15H,6-12,14H2,1H3. The van der Waals surface area contributed by atoms with E-state index in [2.05, 4.69) is 14.9 Å². The van der Waals surface area contributed by atoms with Gasteiger partial charge in [-0.1, -0.05) is 18.2 Å². The molecule has 2 aliphatic rings. The molecular formula is C21H25FN6O2. The van der Waals surface area contributed by atoms with Crippen LogP contribution in [0.2, 0.25) is 0 Å². The Morgan fingerprint density at radius 1 is 1.00 bits per heavy atom. The lowest BCUT2D eigenvalue weighted by Gasteiger charge is -2.36. The van der Waals surface area contributed by atoms with E-state index in [0.29, 0.717) is 44.8 Å². The molecule has 4 rings (SSSR count). The topological polar surface area (TPSA) is 72.9 Å². The molecule has 0 radical (unpaired) electrons. The van der Waals surface area contributed by atoms with Crippen molar-refractivity contribution < 1.29 is 14.0 Å². The van der Waals surface area contributed by atoms with Gasteiger partial charge < -0.3 is 19.6 Å². The van der Waals surface area contributed by atoms with Crippen LogP contribution >= 0.6 is 0 Å². The monoisotopic (exact) mass is 412 g/mol. The zero-order chi connectivity index (χ0) is 21.1. The summed E-state index contributed by atoms with van der Waals surface area (Å²) in [6.07, 6.45) is 1.59. The van der Waals surface area contributed by atoms with Crippen LogP contribution in [0.3, 0.4) is 0 Å². The van der Waals surface area contributed by atoms with Crippen LogP contribution in [0, 0.1) is 5.82 Å². The van der Waals surface area contributed by atoms with E-state index in [4.69, 9.17) is 0 Å². The lowest BCUT2D eigenvalue weighted by atomic mass is 10.1. The van der Waals surface area contributed by atoms with Crippen molar-refractivity contribution in [2.24, 2.45) is 0 Å². The smallest absolute Gasteiger partial charge is 0.241 e. The maximum Gasteiger partial charge on any atom is 0.241 e. The molecule has 1 aromatic carbocycles. The van der Waals surface area contributed by atoms with Crippen LogP contribution in [0.5, 0.6) is 0 Å². The Balaban J connectivity index is 1.36. The summed E-state index contributed by atoms with van der Waals surface area (Å²) in [5.41, 5.74) is 0.423. The van der Waals surface area contributed by atoms with E-state index in [1.54, 1.807) is 35.0 Å². The van der Waals surface area contributed by atoms with E-state index in [1.807, 2.05) is 11.0 Å². The van der Waals surface area contributed by atoms with Gasteiger partial charge >= 0.3 is 0 Å². The second-order valence-electron chi connectivity index (χ2n) is 7.61. The highest BCUT2D eigenvalue weighted by Crippen LogP contribution is 2.20. The third-order valence-corrected chi connectivity index (χ3v) is 5.68. The molecular weight excluding hydrogens is 387 g/mol. The third-order valence-electron chi connectivity index (χ3n) is 5.68. The number of amides is 2. The van der Waals surface area contributed by atoms with Gasteiger partial charge in [0.05, 0.1) is 13.0 Å². The number of hydrogen-bond acceptors (Lipinski definition) is 6. The van der Waals surface area contributed by atoms with Crippen molar-refractivity contribution in [2.45, 2.75) is 6.42 Å². The molecule has 0 spiro atoms. The zero-order valence-corrected chi connectivity index (χ0v) is 17.0. The van der Waals surface area contributed by atoms with Crippen LogP contribution < -0.4 is 9.80 Å². The first kappa shape index (κ1) is 20.1. The summed E-state index contributed by atoms with van der Waals surface area (Å²) in [5.74, 6) is 1.18. The van der Waals surface area contributed by atoms with E-state index in [0.717, 1.165) is 18.2 Å². The van der Waals surface area contributed by atoms with Gasteiger partial charge in [-0.05, 0) is 11.6 Å². The van der Waals surface area contributed by atoms with Crippen LogP contribution in [0.1, 0.15) is 5.56 Å². The number of benzene rings is 1. The minimum atomic E-state index is -0.347. The fourth-order valence-electron chi connectivity index (χ4n) is 3.74. The summed E-state index contributed by atoms with van der Waals surface area (Å²) in [6, 6.07) is 8.28. The number of likely N-dealkylation sites (N-methyl/N-ethyl adjacent to an activating group) is 1. The second kappa shape index (κ2) is 8.64. The van der Waals surface area contributed by atoms with Crippen molar-refractivity contribution in [1.29, 1.82) is 0 Å². The quantitative estimate of drug-likeness (QED) is 0.739. The molecule has 9 heteroatoms. The molecule has 158 valence electrons. The number of nitrogens with zero attached hydrogens (tertiary/aromatic N) is 6. The van der Waals surface area contributed by atoms with Gasteiger partial charge in [0.25, 0.3) is 0 Å². The largest absolute Gasteiger partial charge is 0.353 e. The van der Waals surface area contributed by atoms with Crippen LogP contribution in [-0.4, -0.2) is 84.4 Å². The molecule has 0 saturated carbocycles. The molecule has 0 unspecified atom stereocenters. The van der Waals surface area contributed by atoms with Crippen molar-refractivity contribution in [1.82, 2.24) is 19.8 Å². The van der Waals surface area contributed by atoms with Crippen LogP contribution in [0.25, 0.3) is 0 Å². The zero-order valence-electron chi connectivity index (χ0n) is 17.0. The molecule has 0 N–H and O–H groups in total. The molecule has 8 nitrogen and oxygen atoms in total. The Bertz CT molecular complexity index is 931. The number of carbonyl (C=O) groups is 2. The molecule has 1 aromatic heterocycles. The number of piperazine rings is 2. The van der Waals surface area contributed by atoms with Crippen molar-refractivity contribution in [3.63, 3.8) is 0 Å². The van der Waals surface area contributed by atoms with Gasteiger partial charge in [-0.2, -0.15) is 0 Å². The highest BCUT2D eigenvalue weighted by molar-refractivity contribution is 5.82.